The summed E-state index contributed by atoms with van der Waals surface area (Å²) in [7, 11) is 6.53. The molecule has 0 aromatic heterocycles. The van der Waals surface area contributed by atoms with Crippen molar-refractivity contribution in [3.63, 3.8) is 0 Å². The molecule has 0 radical (unpaired) electrons. The summed E-state index contributed by atoms with van der Waals surface area (Å²) in [6, 6.07) is 14.6. The van der Waals surface area contributed by atoms with Gasteiger partial charge in [0, 0.05) is 28.4 Å². The third-order valence-electron chi connectivity index (χ3n) is 5.76. The van der Waals surface area contributed by atoms with Crippen molar-refractivity contribution in [2.45, 2.75) is 63.4 Å². The minimum atomic E-state index is -1.34. The van der Waals surface area contributed by atoms with Crippen molar-refractivity contribution < 1.29 is 18.9 Å². The number of benzene rings is 2. The van der Waals surface area contributed by atoms with Crippen LogP contribution < -0.4 is 0 Å². The Kier molecular flexibility index (Phi) is 8.90. The van der Waals surface area contributed by atoms with Gasteiger partial charge in [-0.05, 0) is 29.2 Å². The highest BCUT2D eigenvalue weighted by Crippen LogP contribution is 2.46. The lowest BCUT2D eigenvalue weighted by Gasteiger charge is -2.46. The molecular weight excluding hydrogens is 352 g/mol. The van der Waals surface area contributed by atoms with Crippen molar-refractivity contribution >= 4 is 10.8 Å². The molecule has 0 saturated carbocycles. The van der Waals surface area contributed by atoms with Crippen molar-refractivity contribution in [3.05, 3.63) is 48.0 Å². The minimum Gasteiger partial charge on any atom is -0.365 e. The third kappa shape index (κ3) is 4.41. The predicted molar refractivity (Wildman–Crippen MR) is 114 cm³/mol. The van der Waals surface area contributed by atoms with E-state index < -0.39 is 11.6 Å². The molecular formula is C24H36O4. The normalized spacial score (nSPS) is 14.3. The van der Waals surface area contributed by atoms with Gasteiger partial charge in [0.05, 0.1) is 0 Å². The van der Waals surface area contributed by atoms with Gasteiger partial charge in [-0.3, -0.25) is 0 Å². The molecule has 0 aliphatic rings. The van der Waals surface area contributed by atoms with Crippen molar-refractivity contribution in [3.8, 4) is 0 Å². The molecule has 2 aromatic carbocycles. The lowest BCUT2D eigenvalue weighted by atomic mass is 9.82. The first-order valence-electron chi connectivity index (χ1n) is 10.3. The summed E-state index contributed by atoms with van der Waals surface area (Å²) in [6.45, 7) is 2.24. The highest BCUT2D eigenvalue weighted by Gasteiger charge is 2.56. The summed E-state index contributed by atoms with van der Waals surface area (Å²) in [5, 5.41) is 2.27. The van der Waals surface area contributed by atoms with E-state index in [1.807, 2.05) is 12.1 Å². The van der Waals surface area contributed by atoms with Crippen molar-refractivity contribution in [1.82, 2.24) is 0 Å². The van der Waals surface area contributed by atoms with Gasteiger partial charge in [0.15, 0.2) is 5.60 Å². The highest BCUT2D eigenvalue weighted by molar-refractivity contribution is 5.86. The van der Waals surface area contributed by atoms with Gasteiger partial charge in [-0.25, -0.2) is 0 Å². The third-order valence-corrected chi connectivity index (χ3v) is 5.76. The molecule has 0 fully saturated rings. The molecule has 0 heterocycles. The number of ether oxygens (including phenoxy) is 4. The van der Waals surface area contributed by atoms with Gasteiger partial charge in [-0.1, -0.05) is 81.5 Å². The van der Waals surface area contributed by atoms with Crippen LogP contribution in [-0.4, -0.2) is 34.4 Å². The summed E-state index contributed by atoms with van der Waals surface area (Å²) in [4.78, 5) is 0. The summed E-state index contributed by atoms with van der Waals surface area (Å²) >= 11 is 0. The van der Waals surface area contributed by atoms with E-state index in [0.29, 0.717) is 0 Å². The Balaban J connectivity index is 2.48. The fourth-order valence-corrected chi connectivity index (χ4v) is 4.27. The maximum absolute atomic E-state index is 6.22. The molecule has 0 N–H and O–H groups in total. The summed E-state index contributed by atoms with van der Waals surface area (Å²) in [6.07, 6.45) is 7.91. The Morgan fingerprint density at radius 3 is 1.93 bits per heavy atom. The molecule has 0 saturated heterocycles. The number of fused-ring (bicyclic) bond motifs is 1. The molecule has 28 heavy (non-hydrogen) atoms. The Bertz CT molecular complexity index is 697. The molecule has 2 rings (SSSR count). The van der Waals surface area contributed by atoms with Gasteiger partial charge in [0.1, 0.15) is 0 Å². The van der Waals surface area contributed by atoms with E-state index in [1.54, 1.807) is 28.4 Å². The first kappa shape index (κ1) is 22.8. The van der Waals surface area contributed by atoms with Crippen LogP contribution in [0.2, 0.25) is 0 Å². The molecule has 2 aromatic rings. The first-order valence-corrected chi connectivity index (χ1v) is 10.3. The Morgan fingerprint density at radius 1 is 0.679 bits per heavy atom. The molecule has 4 heteroatoms. The van der Waals surface area contributed by atoms with E-state index in [0.717, 1.165) is 35.6 Å². The van der Waals surface area contributed by atoms with Gasteiger partial charge in [-0.2, -0.15) is 0 Å². The highest BCUT2D eigenvalue weighted by atomic mass is 16.9. The molecule has 0 aliphatic heterocycles. The Hall–Kier alpha value is -1.46. The lowest BCUT2D eigenvalue weighted by molar-refractivity contribution is -0.429. The van der Waals surface area contributed by atoms with Crippen molar-refractivity contribution in [1.29, 1.82) is 0 Å². The fourth-order valence-electron chi connectivity index (χ4n) is 4.27. The second kappa shape index (κ2) is 10.9. The minimum absolute atomic E-state index is 0.735. The lowest BCUT2D eigenvalue weighted by Crippen LogP contribution is -2.57. The predicted octanol–water partition coefficient (Wildman–Crippen LogP) is 6.03. The van der Waals surface area contributed by atoms with Crippen LogP contribution in [0.25, 0.3) is 10.8 Å². The number of hydrogen-bond acceptors (Lipinski definition) is 4. The maximum atomic E-state index is 6.22. The second-order valence-corrected chi connectivity index (χ2v) is 7.24. The summed E-state index contributed by atoms with van der Waals surface area (Å²) < 4.78 is 23.7. The average molecular weight is 389 g/mol. The molecule has 1 atom stereocenters. The van der Waals surface area contributed by atoms with Gasteiger partial charge < -0.3 is 18.9 Å². The molecule has 4 nitrogen and oxygen atoms in total. The number of hydrogen-bond donors (Lipinski definition) is 0. The molecule has 0 bridgehead atoms. The van der Waals surface area contributed by atoms with E-state index in [2.05, 4.69) is 37.3 Å². The van der Waals surface area contributed by atoms with Gasteiger partial charge >= 0.3 is 5.97 Å². The quantitative estimate of drug-likeness (QED) is 0.310. The second-order valence-electron chi connectivity index (χ2n) is 7.24. The Labute approximate surface area is 170 Å². The number of methoxy groups -OCH3 is 4. The Morgan fingerprint density at radius 2 is 1.29 bits per heavy atom. The van der Waals surface area contributed by atoms with Crippen LogP contribution >= 0.6 is 0 Å². The van der Waals surface area contributed by atoms with Crippen LogP contribution in [0.15, 0.2) is 42.5 Å². The van der Waals surface area contributed by atoms with Crippen LogP contribution in [0, 0.1) is 0 Å². The topological polar surface area (TPSA) is 36.9 Å². The molecule has 0 amide bonds. The first-order chi connectivity index (χ1) is 13.6. The molecule has 0 spiro atoms. The van der Waals surface area contributed by atoms with Crippen LogP contribution in [-0.2, 0) is 24.5 Å². The SMILES string of the molecule is CCCCCCCCC(OC)(c1cccc2ccccc12)C(OC)(OC)OC. The van der Waals surface area contributed by atoms with E-state index in [1.165, 1.54) is 25.7 Å². The average Bonchev–Trinajstić information content (AvgIpc) is 2.75. The van der Waals surface area contributed by atoms with E-state index in [4.69, 9.17) is 18.9 Å². The van der Waals surface area contributed by atoms with E-state index >= 15 is 0 Å². The van der Waals surface area contributed by atoms with Gasteiger partial charge in [-0.15, -0.1) is 0 Å². The molecule has 1 unspecified atom stereocenters. The monoisotopic (exact) mass is 388 g/mol. The zero-order valence-corrected chi connectivity index (χ0v) is 18.1. The van der Waals surface area contributed by atoms with Crippen molar-refractivity contribution in [2.75, 3.05) is 28.4 Å². The number of rotatable bonds is 13. The van der Waals surface area contributed by atoms with Crippen molar-refractivity contribution in [2.24, 2.45) is 0 Å². The zero-order valence-electron chi connectivity index (χ0n) is 18.1. The number of unbranched alkanes of at least 4 members (excludes halogenated alkanes) is 5. The molecule has 156 valence electrons. The van der Waals surface area contributed by atoms with E-state index in [9.17, 15) is 0 Å². The van der Waals surface area contributed by atoms with Gasteiger partial charge in [0.25, 0.3) is 0 Å². The van der Waals surface area contributed by atoms with Crippen LogP contribution in [0.1, 0.15) is 57.4 Å². The van der Waals surface area contributed by atoms with Crippen LogP contribution in [0.5, 0.6) is 0 Å². The van der Waals surface area contributed by atoms with Crippen LogP contribution in [0.4, 0.5) is 0 Å². The van der Waals surface area contributed by atoms with Gasteiger partial charge in [0.2, 0.25) is 0 Å². The zero-order chi connectivity index (χ0) is 20.5. The summed E-state index contributed by atoms with van der Waals surface area (Å²) in [5.74, 6) is -1.34. The largest absolute Gasteiger partial charge is 0.365 e. The summed E-state index contributed by atoms with van der Waals surface area (Å²) in [5.41, 5.74) is 0.129. The van der Waals surface area contributed by atoms with E-state index in [-0.39, 0.29) is 0 Å². The maximum Gasteiger partial charge on any atom is 0.317 e. The van der Waals surface area contributed by atoms with Crippen LogP contribution in [0.3, 0.4) is 0 Å². The molecule has 0 aliphatic carbocycles. The fraction of sp³-hybridized carbons (Fsp3) is 0.583. The standard InChI is InChI=1S/C24H36O4/c1-6-7-8-9-10-13-19-23(25-2,24(26-3,27-4)28-5)22-18-14-16-20-15-11-12-17-21(20)22/h11-12,14-18H,6-10,13,19H2,1-5H3. The smallest absolute Gasteiger partial charge is 0.317 e.